The van der Waals surface area contributed by atoms with Crippen molar-refractivity contribution < 1.29 is 13.9 Å². The van der Waals surface area contributed by atoms with E-state index in [0.29, 0.717) is 17.0 Å². The number of hydrogen-bond donors (Lipinski definition) is 1. The van der Waals surface area contributed by atoms with Gasteiger partial charge in [0.25, 0.3) is 0 Å². The fourth-order valence-electron chi connectivity index (χ4n) is 1.72. The standard InChI is InChI=1S/C13H14BrNO3S/c1-13(12(16)17-2,10-5-6-11(14)18-10)15-8-9-4-3-7-19-9/h3-7,15H,8H2,1-2H3. The highest BCUT2D eigenvalue weighted by Gasteiger charge is 2.39. The summed E-state index contributed by atoms with van der Waals surface area (Å²) >= 11 is 4.87. The van der Waals surface area contributed by atoms with Gasteiger partial charge in [-0.2, -0.15) is 0 Å². The highest BCUT2D eigenvalue weighted by atomic mass is 79.9. The molecular weight excluding hydrogens is 330 g/mol. The molecule has 0 radical (unpaired) electrons. The van der Waals surface area contributed by atoms with Gasteiger partial charge in [0, 0.05) is 11.4 Å². The quantitative estimate of drug-likeness (QED) is 0.846. The van der Waals surface area contributed by atoms with Gasteiger partial charge in [0.15, 0.2) is 10.2 Å². The number of thiophene rings is 1. The number of carbonyl (C=O) groups is 1. The molecule has 1 atom stereocenters. The summed E-state index contributed by atoms with van der Waals surface area (Å²) in [6.07, 6.45) is 0. The van der Waals surface area contributed by atoms with Gasteiger partial charge in [-0.15, -0.1) is 11.3 Å². The number of hydrogen-bond acceptors (Lipinski definition) is 5. The molecule has 0 fully saturated rings. The first-order valence-electron chi connectivity index (χ1n) is 5.68. The molecule has 0 aromatic carbocycles. The molecular formula is C13H14BrNO3S. The Morgan fingerprint density at radius 3 is 2.84 bits per heavy atom. The molecule has 0 spiro atoms. The lowest BCUT2D eigenvalue weighted by molar-refractivity contribution is -0.149. The van der Waals surface area contributed by atoms with E-state index < -0.39 is 5.54 Å². The third kappa shape index (κ3) is 3.08. The molecule has 0 aliphatic rings. The lowest BCUT2D eigenvalue weighted by atomic mass is 9.99. The number of carbonyl (C=O) groups excluding carboxylic acids is 1. The van der Waals surface area contributed by atoms with Crippen molar-refractivity contribution in [3.8, 4) is 0 Å². The summed E-state index contributed by atoms with van der Waals surface area (Å²) in [5.74, 6) is 0.133. The van der Waals surface area contributed by atoms with Crippen molar-refractivity contribution in [2.75, 3.05) is 7.11 Å². The van der Waals surface area contributed by atoms with E-state index in [2.05, 4.69) is 21.2 Å². The Morgan fingerprint density at radius 2 is 2.32 bits per heavy atom. The van der Waals surface area contributed by atoms with Gasteiger partial charge in [-0.3, -0.25) is 5.32 Å². The first-order valence-corrected chi connectivity index (χ1v) is 7.35. The normalized spacial score (nSPS) is 14.1. The van der Waals surface area contributed by atoms with Crippen LogP contribution in [-0.4, -0.2) is 13.1 Å². The lowest BCUT2D eigenvalue weighted by Gasteiger charge is -2.25. The Bertz CT molecular complexity index is 552. The monoisotopic (exact) mass is 343 g/mol. The zero-order valence-corrected chi connectivity index (χ0v) is 13.0. The van der Waals surface area contributed by atoms with Crippen LogP contribution in [0.2, 0.25) is 0 Å². The number of furan rings is 1. The van der Waals surface area contributed by atoms with Gasteiger partial charge in [0.2, 0.25) is 0 Å². The van der Waals surface area contributed by atoms with Crippen LogP contribution in [0.4, 0.5) is 0 Å². The maximum absolute atomic E-state index is 12.0. The molecule has 0 amide bonds. The van der Waals surface area contributed by atoms with Gasteiger partial charge in [-0.05, 0) is 46.4 Å². The highest BCUT2D eigenvalue weighted by Crippen LogP contribution is 2.27. The van der Waals surface area contributed by atoms with Crippen LogP contribution in [0.1, 0.15) is 17.6 Å². The number of ether oxygens (including phenoxy) is 1. The molecule has 102 valence electrons. The summed E-state index contributed by atoms with van der Waals surface area (Å²) in [6, 6.07) is 7.49. The SMILES string of the molecule is COC(=O)C(C)(NCc1cccs1)c1ccc(Br)o1. The molecule has 1 unspecified atom stereocenters. The van der Waals surface area contributed by atoms with Crippen molar-refractivity contribution in [2.24, 2.45) is 0 Å². The number of nitrogens with one attached hydrogen (secondary N) is 1. The van der Waals surface area contributed by atoms with E-state index in [-0.39, 0.29) is 5.97 Å². The van der Waals surface area contributed by atoms with E-state index in [9.17, 15) is 4.79 Å². The second-order valence-electron chi connectivity index (χ2n) is 4.15. The Balaban J connectivity index is 2.22. The van der Waals surface area contributed by atoms with Gasteiger partial charge < -0.3 is 9.15 Å². The second-order valence-corrected chi connectivity index (χ2v) is 5.97. The van der Waals surface area contributed by atoms with Crippen molar-refractivity contribution in [3.05, 3.63) is 45.0 Å². The molecule has 19 heavy (non-hydrogen) atoms. The van der Waals surface area contributed by atoms with Gasteiger partial charge in [-0.1, -0.05) is 6.07 Å². The Hall–Kier alpha value is -1.11. The average Bonchev–Trinajstić information content (AvgIpc) is 3.06. The van der Waals surface area contributed by atoms with E-state index >= 15 is 0 Å². The molecule has 6 heteroatoms. The maximum atomic E-state index is 12.0. The third-order valence-electron chi connectivity index (χ3n) is 2.86. The summed E-state index contributed by atoms with van der Waals surface area (Å²) < 4.78 is 11.0. The summed E-state index contributed by atoms with van der Waals surface area (Å²) in [5, 5.41) is 5.20. The molecule has 2 aromatic heterocycles. The van der Waals surface area contributed by atoms with Crippen molar-refractivity contribution >= 4 is 33.2 Å². The van der Waals surface area contributed by atoms with Crippen LogP contribution in [0.15, 0.2) is 38.7 Å². The van der Waals surface area contributed by atoms with Gasteiger partial charge in [0.1, 0.15) is 5.76 Å². The van der Waals surface area contributed by atoms with Crippen molar-refractivity contribution in [1.82, 2.24) is 5.32 Å². The molecule has 2 rings (SSSR count). The predicted octanol–water partition coefficient (Wildman–Crippen LogP) is 3.28. The average molecular weight is 344 g/mol. The van der Waals surface area contributed by atoms with Crippen molar-refractivity contribution in [2.45, 2.75) is 19.0 Å². The van der Waals surface area contributed by atoms with Gasteiger partial charge in [0.05, 0.1) is 7.11 Å². The van der Waals surface area contributed by atoms with Crippen LogP contribution < -0.4 is 5.32 Å². The van der Waals surface area contributed by atoms with E-state index in [1.165, 1.54) is 7.11 Å². The summed E-state index contributed by atoms with van der Waals surface area (Å²) in [4.78, 5) is 13.2. The van der Waals surface area contributed by atoms with Crippen molar-refractivity contribution in [1.29, 1.82) is 0 Å². The van der Waals surface area contributed by atoms with Crippen LogP contribution in [-0.2, 0) is 21.6 Å². The predicted molar refractivity (Wildman–Crippen MR) is 76.9 cm³/mol. The Kier molecular flexibility index (Phi) is 4.44. The molecule has 0 saturated heterocycles. The van der Waals surface area contributed by atoms with Crippen LogP contribution in [0, 0.1) is 0 Å². The van der Waals surface area contributed by atoms with E-state index in [4.69, 9.17) is 9.15 Å². The molecule has 0 saturated carbocycles. The summed E-state index contributed by atoms with van der Waals surface area (Å²) in [7, 11) is 1.37. The topological polar surface area (TPSA) is 51.5 Å². The molecule has 0 aliphatic carbocycles. The highest BCUT2D eigenvalue weighted by molar-refractivity contribution is 9.10. The number of esters is 1. The largest absolute Gasteiger partial charge is 0.467 e. The van der Waals surface area contributed by atoms with Crippen LogP contribution in [0.3, 0.4) is 0 Å². The van der Waals surface area contributed by atoms with Crippen LogP contribution >= 0.6 is 27.3 Å². The molecule has 4 nitrogen and oxygen atoms in total. The zero-order chi connectivity index (χ0) is 13.9. The maximum Gasteiger partial charge on any atom is 0.333 e. The van der Waals surface area contributed by atoms with E-state index in [1.54, 1.807) is 30.4 Å². The van der Waals surface area contributed by atoms with E-state index in [1.807, 2.05) is 17.5 Å². The fraction of sp³-hybridized carbons (Fsp3) is 0.308. The third-order valence-corrected chi connectivity index (χ3v) is 4.16. The number of halogens is 1. The van der Waals surface area contributed by atoms with Gasteiger partial charge in [-0.25, -0.2) is 4.79 Å². The Labute approximate surface area is 123 Å². The van der Waals surface area contributed by atoms with Crippen molar-refractivity contribution in [3.63, 3.8) is 0 Å². The fourth-order valence-corrected chi connectivity index (χ4v) is 2.68. The molecule has 0 bridgehead atoms. The lowest BCUT2D eigenvalue weighted by Crippen LogP contribution is -2.46. The molecule has 2 heterocycles. The van der Waals surface area contributed by atoms with Gasteiger partial charge >= 0.3 is 5.97 Å². The first kappa shape index (κ1) is 14.3. The molecule has 0 aliphatic heterocycles. The van der Waals surface area contributed by atoms with E-state index in [0.717, 1.165) is 4.88 Å². The number of rotatable bonds is 5. The second kappa shape index (κ2) is 5.90. The summed E-state index contributed by atoms with van der Waals surface area (Å²) in [6.45, 7) is 2.32. The molecule has 1 N–H and O–H groups in total. The van der Waals surface area contributed by atoms with Crippen LogP contribution in [0.25, 0.3) is 0 Å². The minimum atomic E-state index is -1.01. The molecule has 2 aromatic rings. The van der Waals surface area contributed by atoms with Crippen LogP contribution in [0.5, 0.6) is 0 Å². The Morgan fingerprint density at radius 1 is 1.53 bits per heavy atom. The number of methoxy groups -OCH3 is 1. The zero-order valence-electron chi connectivity index (χ0n) is 10.6. The minimum absolute atomic E-state index is 0.383. The minimum Gasteiger partial charge on any atom is -0.467 e. The smallest absolute Gasteiger partial charge is 0.333 e. The first-order chi connectivity index (χ1) is 9.06. The summed E-state index contributed by atoms with van der Waals surface area (Å²) in [5.41, 5.74) is -1.01.